The van der Waals surface area contributed by atoms with E-state index in [9.17, 15) is 13.0 Å². The van der Waals surface area contributed by atoms with Gasteiger partial charge >= 0.3 is 0 Å². The lowest BCUT2D eigenvalue weighted by atomic mass is 10.1. The molecule has 0 fully saturated rings. The molecule has 94 valence electrons. The SMILES string of the molecule is CCCCCCCCOS(=O)(=O)[O-].C[NH3+]. The Bertz CT molecular complexity index is 204. The van der Waals surface area contributed by atoms with Gasteiger partial charge in [0, 0.05) is 0 Å². The van der Waals surface area contributed by atoms with Crippen molar-refractivity contribution in [2.24, 2.45) is 0 Å². The van der Waals surface area contributed by atoms with Gasteiger partial charge in [-0.2, -0.15) is 0 Å². The van der Waals surface area contributed by atoms with Crippen LogP contribution < -0.4 is 5.73 Å². The van der Waals surface area contributed by atoms with Gasteiger partial charge in [0.2, 0.25) is 10.4 Å². The van der Waals surface area contributed by atoms with E-state index in [1.54, 1.807) is 7.05 Å². The van der Waals surface area contributed by atoms with Crippen molar-refractivity contribution in [1.82, 2.24) is 0 Å². The van der Waals surface area contributed by atoms with E-state index < -0.39 is 10.4 Å². The fraction of sp³-hybridized carbons (Fsp3) is 1.00. The van der Waals surface area contributed by atoms with Crippen molar-refractivity contribution in [2.45, 2.75) is 45.4 Å². The molecule has 6 heteroatoms. The van der Waals surface area contributed by atoms with Crippen LogP contribution in [0.25, 0.3) is 0 Å². The van der Waals surface area contributed by atoms with E-state index in [1.807, 2.05) is 0 Å². The molecule has 0 aliphatic heterocycles. The molecule has 0 bridgehead atoms. The van der Waals surface area contributed by atoms with E-state index in [0.29, 0.717) is 6.42 Å². The molecule has 0 aromatic rings. The second-order valence-corrected chi connectivity index (χ2v) is 4.05. The number of hydrogen-bond acceptors (Lipinski definition) is 4. The summed E-state index contributed by atoms with van der Waals surface area (Å²) in [4.78, 5) is 0. The molecule has 5 nitrogen and oxygen atoms in total. The van der Waals surface area contributed by atoms with Gasteiger partial charge in [0.05, 0.1) is 13.7 Å². The van der Waals surface area contributed by atoms with Crippen LogP contribution in [0.4, 0.5) is 0 Å². The van der Waals surface area contributed by atoms with E-state index in [-0.39, 0.29) is 6.61 Å². The Kier molecular flexibility index (Phi) is 13.7. The van der Waals surface area contributed by atoms with Crippen LogP contribution in [0.3, 0.4) is 0 Å². The van der Waals surface area contributed by atoms with E-state index in [4.69, 9.17) is 0 Å². The van der Waals surface area contributed by atoms with Gasteiger partial charge in [0.25, 0.3) is 0 Å². The average Bonchev–Trinajstić information content (AvgIpc) is 2.18. The highest BCUT2D eigenvalue weighted by Crippen LogP contribution is 2.05. The van der Waals surface area contributed by atoms with Crippen LogP contribution in [0.5, 0.6) is 0 Å². The molecule has 3 N–H and O–H groups in total. The molecule has 0 radical (unpaired) electrons. The summed E-state index contributed by atoms with van der Waals surface area (Å²) in [6.07, 6.45) is 6.21. The number of quaternary nitrogens is 1. The third-order valence-corrected chi connectivity index (χ3v) is 2.18. The topological polar surface area (TPSA) is 94.1 Å². The first-order chi connectivity index (χ1) is 7.06. The summed E-state index contributed by atoms with van der Waals surface area (Å²) in [6, 6.07) is 0. The van der Waals surface area contributed by atoms with Gasteiger partial charge in [-0.3, -0.25) is 4.18 Å². The predicted molar refractivity (Wildman–Crippen MR) is 57.8 cm³/mol. The standard InChI is InChI=1S/C8H18O4S.CH5N/c1-2-3-4-5-6-7-8-12-13(9,10)11;1-2/h2-8H2,1H3,(H,9,10,11);2H2,1H3. The molecule has 0 heterocycles. The average molecular weight is 241 g/mol. The maximum absolute atomic E-state index is 9.99. The first kappa shape index (κ1) is 17.2. The third-order valence-electron chi connectivity index (χ3n) is 1.73. The third kappa shape index (κ3) is 20.0. The van der Waals surface area contributed by atoms with Crippen LogP contribution in [-0.2, 0) is 14.6 Å². The maximum atomic E-state index is 9.99. The number of unbranched alkanes of at least 4 members (excludes halogenated alkanes) is 5. The van der Waals surface area contributed by atoms with E-state index in [0.717, 1.165) is 12.8 Å². The minimum Gasteiger partial charge on any atom is -0.726 e. The molecule has 15 heavy (non-hydrogen) atoms. The van der Waals surface area contributed by atoms with Gasteiger partial charge in [-0.25, -0.2) is 8.42 Å². The van der Waals surface area contributed by atoms with Crippen molar-refractivity contribution >= 4 is 10.4 Å². The molecule has 0 atom stereocenters. The largest absolute Gasteiger partial charge is 0.726 e. The van der Waals surface area contributed by atoms with Crippen molar-refractivity contribution in [3.63, 3.8) is 0 Å². The Labute approximate surface area is 93.0 Å². The first-order valence-corrected chi connectivity index (χ1v) is 6.70. The van der Waals surface area contributed by atoms with Crippen LogP contribution in [0, 0.1) is 0 Å². The molecule has 0 aliphatic rings. The molecule has 0 aromatic carbocycles. The van der Waals surface area contributed by atoms with Crippen molar-refractivity contribution < 1.29 is 22.9 Å². The zero-order valence-electron chi connectivity index (χ0n) is 9.70. The molecular formula is C9H23NO4S. The zero-order valence-corrected chi connectivity index (χ0v) is 10.5. The van der Waals surface area contributed by atoms with Crippen LogP contribution in [0.2, 0.25) is 0 Å². The lowest BCUT2D eigenvalue weighted by Gasteiger charge is -2.06. The summed E-state index contributed by atoms with van der Waals surface area (Å²) >= 11 is 0. The highest BCUT2D eigenvalue weighted by atomic mass is 32.3. The Balaban J connectivity index is 0. The minimum atomic E-state index is -4.47. The zero-order chi connectivity index (χ0) is 12.2. The van der Waals surface area contributed by atoms with Gasteiger partial charge in [-0.15, -0.1) is 0 Å². The summed E-state index contributed by atoms with van der Waals surface area (Å²) in [5.74, 6) is 0. The molecule has 0 saturated carbocycles. The van der Waals surface area contributed by atoms with Crippen molar-refractivity contribution in [3.8, 4) is 0 Å². The summed E-state index contributed by atoms with van der Waals surface area (Å²) in [5, 5.41) is 0. The first-order valence-electron chi connectivity index (χ1n) is 5.37. The Morgan fingerprint density at radius 2 is 1.53 bits per heavy atom. The molecular weight excluding hydrogens is 218 g/mol. The van der Waals surface area contributed by atoms with Crippen LogP contribution in [-0.4, -0.2) is 26.6 Å². The summed E-state index contributed by atoms with van der Waals surface area (Å²) in [5.41, 5.74) is 3.25. The lowest BCUT2D eigenvalue weighted by Crippen LogP contribution is -2.40. The summed E-state index contributed by atoms with van der Waals surface area (Å²) in [7, 11) is -2.72. The van der Waals surface area contributed by atoms with Gasteiger partial charge in [-0.05, 0) is 6.42 Å². The Morgan fingerprint density at radius 1 is 1.07 bits per heavy atom. The fourth-order valence-electron chi connectivity index (χ4n) is 1.04. The monoisotopic (exact) mass is 241 g/mol. The molecule has 0 unspecified atom stereocenters. The van der Waals surface area contributed by atoms with Gasteiger partial charge in [0.15, 0.2) is 0 Å². The smallest absolute Gasteiger partial charge is 0.217 e. The molecule has 0 amide bonds. The molecule has 0 saturated heterocycles. The van der Waals surface area contributed by atoms with Crippen molar-refractivity contribution in [2.75, 3.05) is 13.7 Å². The molecule has 0 spiro atoms. The summed E-state index contributed by atoms with van der Waals surface area (Å²) < 4.78 is 34.0. The van der Waals surface area contributed by atoms with Crippen LogP contribution in [0.1, 0.15) is 45.4 Å². The van der Waals surface area contributed by atoms with Gasteiger partial charge < -0.3 is 10.3 Å². The lowest BCUT2D eigenvalue weighted by molar-refractivity contribution is -0.325. The number of hydrogen-bond donors (Lipinski definition) is 1. The quantitative estimate of drug-likeness (QED) is 0.384. The van der Waals surface area contributed by atoms with Crippen molar-refractivity contribution in [3.05, 3.63) is 0 Å². The summed E-state index contributed by atoms with van der Waals surface area (Å²) in [6.45, 7) is 2.16. The van der Waals surface area contributed by atoms with E-state index >= 15 is 0 Å². The Morgan fingerprint density at radius 3 is 2.00 bits per heavy atom. The molecule has 0 aliphatic carbocycles. The van der Waals surface area contributed by atoms with E-state index in [1.165, 1.54) is 19.3 Å². The predicted octanol–water partition coefficient (Wildman–Crippen LogP) is 0.682. The fourth-order valence-corrected chi connectivity index (χ4v) is 1.37. The minimum absolute atomic E-state index is 0.0258. The number of rotatable bonds is 8. The van der Waals surface area contributed by atoms with Crippen LogP contribution >= 0.6 is 0 Å². The van der Waals surface area contributed by atoms with Crippen LogP contribution in [0.15, 0.2) is 0 Å². The molecule has 0 aromatic heterocycles. The van der Waals surface area contributed by atoms with Gasteiger partial charge in [0.1, 0.15) is 0 Å². The maximum Gasteiger partial charge on any atom is 0.217 e. The highest BCUT2D eigenvalue weighted by molar-refractivity contribution is 7.80. The molecule has 0 rings (SSSR count). The second kappa shape index (κ2) is 11.9. The second-order valence-electron chi connectivity index (χ2n) is 3.00. The normalized spacial score (nSPS) is 10.7. The highest BCUT2D eigenvalue weighted by Gasteiger charge is 1.94. The van der Waals surface area contributed by atoms with Gasteiger partial charge in [-0.1, -0.05) is 39.0 Å². The Hall–Kier alpha value is -0.170. The van der Waals surface area contributed by atoms with Crippen molar-refractivity contribution in [1.29, 1.82) is 0 Å². The van der Waals surface area contributed by atoms with E-state index in [2.05, 4.69) is 16.8 Å².